The van der Waals surface area contributed by atoms with Gasteiger partial charge in [0.1, 0.15) is 11.5 Å². The number of allylic oxidation sites excluding steroid dienone is 4. The van der Waals surface area contributed by atoms with Gasteiger partial charge in [0.15, 0.2) is 17.5 Å². The minimum Gasteiger partial charge on any atom is -0.456 e. The molecule has 5 aromatic carbocycles. The van der Waals surface area contributed by atoms with Crippen LogP contribution in [0.5, 0.6) is 11.5 Å². The fraction of sp³-hybridized carbons (Fsp3) is 0.0513. The van der Waals surface area contributed by atoms with E-state index in [1.165, 1.54) is 0 Å². The zero-order chi connectivity index (χ0) is 29.7. The van der Waals surface area contributed by atoms with E-state index >= 15 is 0 Å². The Balaban J connectivity index is 1.18. The summed E-state index contributed by atoms with van der Waals surface area (Å²) in [5, 5.41) is 2.16. The average molecular weight is 580 g/mol. The first kappa shape index (κ1) is 25.5. The number of para-hydroxylation sites is 1. The van der Waals surface area contributed by atoms with Crippen LogP contribution in [0.15, 0.2) is 128 Å². The molecule has 0 radical (unpaired) electrons. The molecule has 45 heavy (non-hydrogen) atoms. The molecule has 1 aliphatic heterocycles. The van der Waals surface area contributed by atoms with E-state index in [-0.39, 0.29) is 0 Å². The van der Waals surface area contributed by atoms with Gasteiger partial charge >= 0.3 is 0 Å². The van der Waals surface area contributed by atoms with Crippen molar-refractivity contribution in [1.82, 2.24) is 24.9 Å². The van der Waals surface area contributed by atoms with E-state index in [1.807, 2.05) is 79.0 Å². The van der Waals surface area contributed by atoms with Gasteiger partial charge in [-0.15, -0.1) is 0 Å². The van der Waals surface area contributed by atoms with Crippen molar-refractivity contribution in [2.45, 2.75) is 12.8 Å². The summed E-state index contributed by atoms with van der Waals surface area (Å²) < 4.78 is 6.31. The zero-order valence-corrected chi connectivity index (χ0v) is 24.2. The van der Waals surface area contributed by atoms with E-state index in [0.29, 0.717) is 17.5 Å². The first-order chi connectivity index (χ1) is 22.3. The summed E-state index contributed by atoms with van der Waals surface area (Å²) >= 11 is 0. The first-order valence-corrected chi connectivity index (χ1v) is 15.1. The van der Waals surface area contributed by atoms with E-state index in [9.17, 15) is 0 Å². The molecule has 3 heterocycles. The van der Waals surface area contributed by atoms with Gasteiger partial charge in [-0.25, -0.2) is 19.9 Å². The van der Waals surface area contributed by atoms with E-state index in [1.54, 1.807) is 0 Å². The van der Waals surface area contributed by atoms with Gasteiger partial charge in [0.25, 0.3) is 0 Å². The van der Waals surface area contributed by atoms with Gasteiger partial charge in [-0.2, -0.15) is 0 Å². The monoisotopic (exact) mass is 579 g/mol. The molecule has 0 unspecified atom stereocenters. The van der Waals surface area contributed by atoms with Gasteiger partial charge < -0.3 is 4.74 Å². The number of benzene rings is 5. The van der Waals surface area contributed by atoms with Crippen molar-refractivity contribution < 1.29 is 4.74 Å². The molecule has 2 aromatic heterocycles. The largest absolute Gasteiger partial charge is 0.456 e. The van der Waals surface area contributed by atoms with Crippen LogP contribution in [0.4, 0.5) is 0 Å². The Kier molecular flexibility index (Phi) is 5.84. The molecule has 0 amide bonds. The number of hydrogen-bond acceptors (Lipinski definition) is 6. The van der Waals surface area contributed by atoms with Crippen LogP contribution in [0, 0.1) is 0 Å². The molecule has 0 fully saturated rings. The zero-order valence-electron chi connectivity index (χ0n) is 24.2. The van der Waals surface area contributed by atoms with Crippen molar-refractivity contribution >= 4 is 27.4 Å². The third kappa shape index (κ3) is 4.38. The molecule has 212 valence electrons. The number of ether oxygens (including phenoxy) is 1. The van der Waals surface area contributed by atoms with Gasteiger partial charge in [-0.1, -0.05) is 85.0 Å². The van der Waals surface area contributed by atoms with Gasteiger partial charge in [0.2, 0.25) is 0 Å². The van der Waals surface area contributed by atoms with Crippen molar-refractivity contribution in [3.63, 3.8) is 0 Å². The third-order valence-electron chi connectivity index (χ3n) is 8.44. The lowest BCUT2D eigenvalue weighted by molar-refractivity contribution is 0.487. The van der Waals surface area contributed by atoms with E-state index in [4.69, 9.17) is 29.7 Å². The highest BCUT2D eigenvalue weighted by Gasteiger charge is 2.22. The first-order valence-electron chi connectivity index (χ1n) is 15.1. The maximum atomic E-state index is 6.31. The Labute approximate surface area is 259 Å². The van der Waals surface area contributed by atoms with E-state index < -0.39 is 0 Å². The molecule has 0 atom stereocenters. The molecule has 1 aliphatic carbocycles. The second-order valence-electron chi connectivity index (χ2n) is 11.2. The van der Waals surface area contributed by atoms with Gasteiger partial charge in [0.05, 0.1) is 22.9 Å². The smallest absolute Gasteiger partial charge is 0.164 e. The molecule has 7 aromatic rings. The van der Waals surface area contributed by atoms with Crippen LogP contribution < -0.4 is 4.74 Å². The Bertz CT molecular complexity index is 2360. The highest BCUT2D eigenvalue weighted by molar-refractivity contribution is 6.09. The Hall–Kier alpha value is -6.01. The molecule has 0 N–H and O–H groups in total. The fourth-order valence-corrected chi connectivity index (χ4v) is 6.24. The van der Waals surface area contributed by atoms with Crippen LogP contribution in [0.1, 0.15) is 18.7 Å². The molecule has 0 bridgehead atoms. The molecular formula is C39H25N5O. The molecule has 6 nitrogen and oxygen atoms in total. The fourth-order valence-electron chi connectivity index (χ4n) is 6.24. The molecular weight excluding hydrogens is 554 g/mol. The summed E-state index contributed by atoms with van der Waals surface area (Å²) in [6, 6.07) is 34.7. The van der Waals surface area contributed by atoms with Gasteiger partial charge in [-0.3, -0.25) is 4.98 Å². The van der Waals surface area contributed by atoms with Crippen LogP contribution in [0.2, 0.25) is 0 Å². The summed E-state index contributed by atoms with van der Waals surface area (Å²) in [7, 11) is 0. The average Bonchev–Trinajstić information content (AvgIpc) is 3.12. The molecule has 0 saturated carbocycles. The van der Waals surface area contributed by atoms with Crippen LogP contribution >= 0.6 is 0 Å². The van der Waals surface area contributed by atoms with Crippen LogP contribution in [0.3, 0.4) is 0 Å². The number of hydrogen-bond donors (Lipinski definition) is 0. The normalized spacial score (nSPS) is 13.4. The van der Waals surface area contributed by atoms with Gasteiger partial charge in [-0.05, 0) is 65.8 Å². The molecule has 0 spiro atoms. The second kappa shape index (κ2) is 10.3. The number of aromatic nitrogens is 5. The molecule has 9 rings (SSSR count). The van der Waals surface area contributed by atoms with Crippen molar-refractivity contribution in [2.75, 3.05) is 0 Å². The van der Waals surface area contributed by atoms with E-state index in [0.717, 1.165) is 85.2 Å². The number of fused-ring (bicyclic) bond motifs is 3. The lowest BCUT2D eigenvalue weighted by Crippen LogP contribution is -2.04. The second-order valence-corrected chi connectivity index (χ2v) is 11.2. The SMILES string of the molecule is C1=CCCC(c2nc(-c3ccccc3)nc(-c3ccc4ncc(-c5ccc6c7c(cccc57)-c5ccccc5O6)nc4c3)n2)=C1. The highest BCUT2D eigenvalue weighted by atomic mass is 16.5. The lowest BCUT2D eigenvalue weighted by Gasteiger charge is -2.22. The molecule has 6 heteroatoms. The summed E-state index contributed by atoms with van der Waals surface area (Å²) in [4.78, 5) is 24.7. The standard InChI is InChI=1S/C39H25N5O/c1-3-10-24(11-4-1)37-42-38(25-12-5-2-6-13-25)44-39(43-37)26-18-20-31-32(22-26)41-33(23-40-31)27-19-21-35-36-29(27)15-9-16-30(36)28-14-7-8-17-34(28)45-35/h1-5,7-12,14-23H,6,13H2. The van der Waals surface area contributed by atoms with Crippen LogP contribution in [-0.4, -0.2) is 24.9 Å². The van der Waals surface area contributed by atoms with E-state index in [2.05, 4.69) is 48.6 Å². The Morgan fingerprint density at radius 2 is 1.40 bits per heavy atom. The predicted octanol–water partition coefficient (Wildman–Crippen LogP) is 9.48. The quantitative estimate of drug-likeness (QED) is 0.207. The Morgan fingerprint density at radius 1 is 0.578 bits per heavy atom. The minimum absolute atomic E-state index is 0.612. The lowest BCUT2D eigenvalue weighted by atomic mass is 9.92. The highest BCUT2D eigenvalue weighted by Crippen LogP contribution is 2.48. The maximum Gasteiger partial charge on any atom is 0.164 e. The molecule has 2 aliphatic rings. The van der Waals surface area contributed by atoms with Crippen molar-refractivity contribution in [2.24, 2.45) is 0 Å². The topological polar surface area (TPSA) is 73.7 Å². The number of rotatable bonds is 4. The van der Waals surface area contributed by atoms with Crippen molar-refractivity contribution in [3.05, 3.63) is 133 Å². The summed E-state index contributed by atoms with van der Waals surface area (Å²) in [5.41, 5.74) is 8.55. The molecule has 0 saturated heterocycles. The summed E-state index contributed by atoms with van der Waals surface area (Å²) in [5.74, 6) is 3.69. The third-order valence-corrected chi connectivity index (χ3v) is 8.44. The van der Waals surface area contributed by atoms with Crippen molar-refractivity contribution in [1.29, 1.82) is 0 Å². The summed E-state index contributed by atoms with van der Waals surface area (Å²) in [6.07, 6.45) is 10.0. The Morgan fingerprint density at radius 3 is 2.29 bits per heavy atom. The van der Waals surface area contributed by atoms with Crippen LogP contribution in [-0.2, 0) is 0 Å². The van der Waals surface area contributed by atoms with Crippen molar-refractivity contribution in [3.8, 4) is 56.7 Å². The van der Waals surface area contributed by atoms with Crippen LogP contribution in [0.25, 0.3) is 72.5 Å². The maximum absolute atomic E-state index is 6.31. The summed E-state index contributed by atoms with van der Waals surface area (Å²) in [6.45, 7) is 0. The minimum atomic E-state index is 0.612. The predicted molar refractivity (Wildman–Crippen MR) is 179 cm³/mol. The number of nitrogens with zero attached hydrogens (tertiary/aromatic N) is 5. The van der Waals surface area contributed by atoms with Gasteiger partial charge in [0, 0.05) is 27.6 Å².